The molecule has 1 atom stereocenters. The third-order valence-corrected chi connectivity index (χ3v) is 3.81. The fourth-order valence-corrected chi connectivity index (χ4v) is 2.26. The van der Waals surface area contributed by atoms with Gasteiger partial charge in [0, 0.05) is 37.9 Å². The summed E-state index contributed by atoms with van der Waals surface area (Å²) in [5, 5.41) is 3.20. The molecule has 7 heteroatoms. The molecule has 22 heavy (non-hydrogen) atoms. The molecule has 0 spiro atoms. The summed E-state index contributed by atoms with van der Waals surface area (Å²) in [5.41, 5.74) is 1.16. The fraction of sp³-hybridized carbons (Fsp3) is 0.600. The monoisotopic (exact) mass is 305 g/mol. The molecule has 1 aromatic heterocycles. The fourth-order valence-electron chi connectivity index (χ4n) is 2.26. The van der Waals surface area contributed by atoms with Gasteiger partial charge in [0.1, 0.15) is 5.69 Å². The van der Waals surface area contributed by atoms with Crippen molar-refractivity contribution in [2.45, 2.75) is 33.2 Å². The highest BCUT2D eigenvalue weighted by Crippen LogP contribution is 2.11. The number of rotatable bonds is 5. The Balaban J connectivity index is 2.10. The Hall–Kier alpha value is -2.18. The number of piperazine rings is 1. The Labute approximate surface area is 130 Å². The smallest absolute Gasteiger partial charge is 0.272 e. The van der Waals surface area contributed by atoms with Crippen LogP contribution in [-0.2, 0) is 4.79 Å². The molecular weight excluding hydrogens is 282 g/mol. The Morgan fingerprint density at radius 3 is 2.64 bits per heavy atom. The van der Waals surface area contributed by atoms with Gasteiger partial charge in [-0.3, -0.25) is 9.59 Å². The van der Waals surface area contributed by atoms with E-state index in [9.17, 15) is 9.59 Å². The summed E-state index contributed by atoms with van der Waals surface area (Å²) in [6.07, 6.45) is 1.78. The molecule has 1 saturated heterocycles. The summed E-state index contributed by atoms with van der Waals surface area (Å²) in [7, 11) is 0. The predicted octanol–water partition coefficient (Wildman–Crippen LogP) is 0.910. The average molecular weight is 305 g/mol. The molecule has 120 valence electrons. The van der Waals surface area contributed by atoms with Gasteiger partial charge in [-0.15, -0.1) is 0 Å². The van der Waals surface area contributed by atoms with Crippen LogP contribution in [0.3, 0.4) is 0 Å². The van der Waals surface area contributed by atoms with Gasteiger partial charge < -0.3 is 15.1 Å². The van der Waals surface area contributed by atoms with Crippen LogP contribution in [0.1, 0.15) is 36.5 Å². The normalized spacial score (nSPS) is 16.3. The highest BCUT2D eigenvalue weighted by Gasteiger charge is 2.23. The van der Waals surface area contributed by atoms with Crippen LogP contribution in [0.2, 0.25) is 0 Å². The maximum Gasteiger partial charge on any atom is 0.272 e. The summed E-state index contributed by atoms with van der Waals surface area (Å²) in [6, 6.07) is 1.96. The van der Waals surface area contributed by atoms with E-state index in [0.717, 1.165) is 18.5 Å². The lowest BCUT2D eigenvalue weighted by molar-refractivity contribution is -0.119. The number of carbonyl (C=O) groups excluding carboxylic acids is 2. The van der Waals surface area contributed by atoms with Gasteiger partial charge in [-0.1, -0.05) is 6.92 Å². The molecule has 2 heterocycles. The van der Waals surface area contributed by atoms with E-state index < -0.39 is 0 Å². The molecule has 1 aliphatic rings. The van der Waals surface area contributed by atoms with E-state index in [1.807, 2.05) is 13.8 Å². The van der Waals surface area contributed by atoms with Crippen LogP contribution in [0.5, 0.6) is 0 Å². The van der Waals surface area contributed by atoms with Crippen LogP contribution >= 0.6 is 0 Å². The van der Waals surface area contributed by atoms with Crippen molar-refractivity contribution in [2.24, 2.45) is 0 Å². The number of amides is 2. The van der Waals surface area contributed by atoms with Crippen molar-refractivity contribution < 1.29 is 9.59 Å². The van der Waals surface area contributed by atoms with E-state index in [0.29, 0.717) is 37.8 Å². The zero-order valence-electron chi connectivity index (χ0n) is 13.4. The van der Waals surface area contributed by atoms with Crippen LogP contribution in [0.25, 0.3) is 0 Å². The van der Waals surface area contributed by atoms with Crippen molar-refractivity contribution in [3.8, 4) is 0 Å². The van der Waals surface area contributed by atoms with Crippen molar-refractivity contribution >= 4 is 18.3 Å². The van der Waals surface area contributed by atoms with Crippen LogP contribution < -0.4 is 5.32 Å². The quantitative estimate of drug-likeness (QED) is 0.818. The minimum absolute atomic E-state index is 0.108. The van der Waals surface area contributed by atoms with Gasteiger partial charge in [-0.25, -0.2) is 9.97 Å². The van der Waals surface area contributed by atoms with Gasteiger partial charge in [0.05, 0.1) is 0 Å². The van der Waals surface area contributed by atoms with Gasteiger partial charge in [-0.05, 0) is 26.3 Å². The molecule has 0 saturated carbocycles. The number of anilines is 1. The number of carbonyl (C=O) groups is 2. The number of aromatic nitrogens is 2. The number of hydrogen-bond donors (Lipinski definition) is 1. The maximum atomic E-state index is 12.6. The van der Waals surface area contributed by atoms with Crippen molar-refractivity contribution in [2.75, 3.05) is 31.5 Å². The van der Waals surface area contributed by atoms with Gasteiger partial charge in [0.25, 0.3) is 5.91 Å². The standard InChI is InChI=1S/C15H23N5O2/c1-4-11(2)16-15-17-12(3)9-13(18-15)14(22)20-7-5-19(10-21)6-8-20/h9-11H,4-8H2,1-3H3,(H,16,17,18). The maximum absolute atomic E-state index is 12.6. The lowest BCUT2D eigenvalue weighted by atomic mass is 10.2. The predicted molar refractivity (Wildman–Crippen MR) is 83.7 cm³/mol. The molecule has 0 aliphatic carbocycles. The molecule has 1 aliphatic heterocycles. The summed E-state index contributed by atoms with van der Waals surface area (Å²) in [4.78, 5) is 35.3. The first-order valence-corrected chi connectivity index (χ1v) is 7.64. The number of hydrogen-bond acceptors (Lipinski definition) is 5. The van der Waals surface area contributed by atoms with E-state index >= 15 is 0 Å². The molecule has 0 bridgehead atoms. The van der Waals surface area contributed by atoms with Crippen molar-refractivity contribution in [1.29, 1.82) is 0 Å². The van der Waals surface area contributed by atoms with E-state index in [-0.39, 0.29) is 11.9 Å². The van der Waals surface area contributed by atoms with E-state index in [4.69, 9.17) is 0 Å². The minimum atomic E-state index is -0.108. The van der Waals surface area contributed by atoms with Gasteiger partial charge in [0.15, 0.2) is 0 Å². The lowest BCUT2D eigenvalue weighted by Gasteiger charge is -2.32. The molecule has 1 N–H and O–H groups in total. The number of aryl methyl sites for hydroxylation is 1. The van der Waals surface area contributed by atoms with E-state index in [2.05, 4.69) is 22.2 Å². The van der Waals surface area contributed by atoms with Crippen LogP contribution in [0, 0.1) is 6.92 Å². The first kappa shape index (κ1) is 16.2. The SMILES string of the molecule is CCC(C)Nc1nc(C)cc(C(=O)N2CCN(C=O)CC2)n1. The third kappa shape index (κ3) is 3.93. The third-order valence-electron chi connectivity index (χ3n) is 3.81. The zero-order chi connectivity index (χ0) is 16.1. The molecule has 1 unspecified atom stereocenters. The molecule has 2 rings (SSSR count). The van der Waals surface area contributed by atoms with Crippen LogP contribution in [0.4, 0.5) is 5.95 Å². The Morgan fingerprint density at radius 2 is 2.05 bits per heavy atom. The molecule has 0 radical (unpaired) electrons. The molecule has 2 amide bonds. The largest absolute Gasteiger partial charge is 0.352 e. The van der Waals surface area contributed by atoms with Crippen molar-refractivity contribution in [3.05, 3.63) is 17.5 Å². The summed E-state index contributed by atoms with van der Waals surface area (Å²) < 4.78 is 0. The first-order valence-electron chi connectivity index (χ1n) is 7.64. The Kier molecular flexibility index (Phi) is 5.30. The number of nitrogens with one attached hydrogen (secondary N) is 1. The van der Waals surface area contributed by atoms with Crippen molar-refractivity contribution in [3.63, 3.8) is 0 Å². The van der Waals surface area contributed by atoms with Gasteiger partial charge in [0.2, 0.25) is 12.4 Å². The van der Waals surface area contributed by atoms with Crippen LogP contribution in [-0.4, -0.2) is 64.3 Å². The molecule has 1 fully saturated rings. The summed E-state index contributed by atoms with van der Waals surface area (Å²) in [5.74, 6) is 0.382. The zero-order valence-corrected chi connectivity index (χ0v) is 13.4. The first-order chi connectivity index (χ1) is 10.5. The lowest BCUT2D eigenvalue weighted by Crippen LogP contribution is -2.48. The topological polar surface area (TPSA) is 78.4 Å². The molecular formula is C15H23N5O2. The van der Waals surface area contributed by atoms with Crippen LogP contribution in [0.15, 0.2) is 6.07 Å². The highest BCUT2D eigenvalue weighted by molar-refractivity contribution is 5.92. The molecule has 0 aromatic carbocycles. The van der Waals surface area contributed by atoms with Gasteiger partial charge >= 0.3 is 0 Å². The minimum Gasteiger partial charge on any atom is -0.352 e. The highest BCUT2D eigenvalue weighted by atomic mass is 16.2. The average Bonchev–Trinajstić information content (AvgIpc) is 2.53. The number of nitrogens with zero attached hydrogens (tertiary/aromatic N) is 4. The van der Waals surface area contributed by atoms with Gasteiger partial charge in [-0.2, -0.15) is 0 Å². The van der Waals surface area contributed by atoms with E-state index in [1.54, 1.807) is 15.9 Å². The Bertz CT molecular complexity index is 541. The second-order valence-corrected chi connectivity index (χ2v) is 5.61. The second kappa shape index (κ2) is 7.20. The van der Waals surface area contributed by atoms with E-state index in [1.165, 1.54) is 0 Å². The molecule has 1 aromatic rings. The summed E-state index contributed by atoms with van der Waals surface area (Å²) >= 11 is 0. The van der Waals surface area contributed by atoms with Crippen molar-refractivity contribution in [1.82, 2.24) is 19.8 Å². The summed E-state index contributed by atoms with van der Waals surface area (Å²) in [6.45, 7) is 8.18. The Morgan fingerprint density at radius 1 is 1.36 bits per heavy atom. The molecule has 7 nitrogen and oxygen atoms in total. The second-order valence-electron chi connectivity index (χ2n) is 5.61.